The van der Waals surface area contributed by atoms with Gasteiger partial charge in [0.05, 0.1) is 5.69 Å². The first-order valence-corrected chi connectivity index (χ1v) is 3.80. The van der Waals surface area contributed by atoms with Crippen LogP contribution in [0.5, 0.6) is 0 Å². The zero-order valence-electron chi connectivity index (χ0n) is 7.06. The monoisotopic (exact) mass is 176 g/mol. The third kappa shape index (κ3) is 1.05. The van der Waals surface area contributed by atoms with Crippen LogP contribution in [0.15, 0.2) is 18.5 Å². The van der Waals surface area contributed by atoms with Gasteiger partial charge in [-0.2, -0.15) is 5.10 Å². The highest BCUT2D eigenvalue weighted by Crippen LogP contribution is 2.10. The molecule has 0 unspecified atom stereocenters. The van der Waals surface area contributed by atoms with Crippen molar-refractivity contribution in [1.82, 2.24) is 14.6 Å². The molecule has 2 heterocycles. The van der Waals surface area contributed by atoms with Gasteiger partial charge in [-0.05, 0) is 13.0 Å². The van der Waals surface area contributed by atoms with E-state index in [1.54, 1.807) is 25.4 Å². The summed E-state index contributed by atoms with van der Waals surface area (Å²) in [6.45, 7) is 1.73. The Balaban J connectivity index is 2.86. The first-order chi connectivity index (χ1) is 6.20. The average Bonchev–Trinajstić information content (AvgIpc) is 2.39. The van der Waals surface area contributed by atoms with E-state index in [9.17, 15) is 4.79 Å². The topological polar surface area (TPSA) is 73.3 Å². The highest BCUT2D eigenvalue weighted by Gasteiger charge is 2.14. The summed E-state index contributed by atoms with van der Waals surface area (Å²) in [5, 5.41) is 4.09. The number of nitrogens with zero attached hydrogens (tertiary/aromatic N) is 3. The molecule has 2 aromatic rings. The normalized spacial score (nSPS) is 10.5. The van der Waals surface area contributed by atoms with Gasteiger partial charge in [0.25, 0.3) is 5.91 Å². The van der Waals surface area contributed by atoms with E-state index in [0.717, 1.165) is 0 Å². The molecule has 5 nitrogen and oxygen atoms in total. The molecule has 0 saturated carbocycles. The van der Waals surface area contributed by atoms with Crippen molar-refractivity contribution in [1.29, 1.82) is 0 Å². The van der Waals surface area contributed by atoms with Crippen LogP contribution in [0.2, 0.25) is 0 Å². The number of aromatic nitrogens is 3. The maximum Gasteiger partial charge on any atom is 0.254 e. The van der Waals surface area contributed by atoms with Gasteiger partial charge in [-0.1, -0.05) is 0 Å². The Labute approximate surface area is 74.2 Å². The van der Waals surface area contributed by atoms with Gasteiger partial charge in [0, 0.05) is 12.4 Å². The number of amides is 1. The number of aryl methyl sites for hydroxylation is 1. The van der Waals surface area contributed by atoms with E-state index in [4.69, 9.17) is 5.73 Å². The molecule has 2 rings (SSSR count). The minimum atomic E-state index is -0.494. The van der Waals surface area contributed by atoms with Crippen molar-refractivity contribution in [2.45, 2.75) is 6.92 Å². The lowest BCUT2D eigenvalue weighted by molar-refractivity contribution is 0.100. The van der Waals surface area contributed by atoms with E-state index in [0.29, 0.717) is 16.9 Å². The third-order valence-corrected chi connectivity index (χ3v) is 1.82. The van der Waals surface area contributed by atoms with Crippen molar-refractivity contribution in [3.05, 3.63) is 29.7 Å². The van der Waals surface area contributed by atoms with Crippen LogP contribution < -0.4 is 5.73 Å². The fourth-order valence-corrected chi connectivity index (χ4v) is 1.29. The van der Waals surface area contributed by atoms with E-state index in [2.05, 4.69) is 10.1 Å². The van der Waals surface area contributed by atoms with Crippen LogP contribution in [-0.2, 0) is 0 Å². The van der Waals surface area contributed by atoms with Crippen LogP contribution in [0.1, 0.15) is 16.1 Å². The summed E-state index contributed by atoms with van der Waals surface area (Å²) in [5.41, 5.74) is 6.69. The minimum absolute atomic E-state index is 0.389. The maximum atomic E-state index is 11.0. The molecule has 2 aromatic heterocycles. The number of carbonyl (C=O) groups is 1. The van der Waals surface area contributed by atoms with E-state index in [-0.39, 0.29) is 0 Å². The van der Waals surface area contributed by atoms with Crippen LogP contribution in [0.25, 0.3) is 5.65 Å². The van der Waals surface area contributed by atoms with Crippen LogP contribution >= 0.6 is 0 Å². The highest BCUT2D eigenvalue weighted by molar-refractivity contribution is 5.99. The Hall–Kier alpha value is -1.91. The SMILES string of the molecule is Cc1nn2cccnc2c1C(N)=O. The second kappa shape index (κ2) is 2.55. The molecule has 0 aliphatic rings. The number of nitrogens with two attached hydrogens (primary N) is 1. The summed E-state index contributed by atoms with van der Waals surface area (Å²) in [7, 11) is 0. The van der Waals surface area contributed by atoms with Gasteiger partial charge in [-0.25, -0.2) is 9.50 Å². The molecule has 0 aliphatic carbocycles. The Bertz CT molecular complexity index is 474. The fourth-order valence-electron chi connectivity index (χ4n) is 1.29. The molecule has 0 atom stereocenters. The van der Waals surface area contributed by atoms with Crippen LogP contribution in [0, 0.1) is 6.92 Å². The molecule has 0 bridgehead atoms. The molecule has 0 fully saturated rings. The standard InChI is InChI=1S/C8H8N4O/c1-5-6(7(9)13)8-10-3-2-4-12(8)11-5/h2-4H,1H3,(H2,9,13). The molecule has 0 saturated heterocycles. The maximum absolute atomic E-state index is 11.0. The average molecular weight is 176 g/mol. The van der Waals surface area contributed by atoms with Gasteiger partial charge in [0.15, 0.2) is 5.65 Å². The molecule has 0 spiro atoms. The molecule has 0 radical (unpaired) electrons. The number of hydrogen-bond acceptors (Lipinski definition) is 3. The molecule has 13 heavy (non-hydrogen) atoms. The Morgan fingerprint density at radius 3 is 3.08 bits per heavy atom. The van der Waals surface area contributed by atoms with Gasteiger partial charge in [-0.15, -0.1) is 0 Å². The number of fused-ring (bicyclic) bond motifs is 1. The number of carbonyl (C=O) groups excluding carboxylic acids is 1. The van der Waals surface area contributed by atoms with Gasteiger partial charge in [0.2, 0.25) is 0 Å². The fraction of sp³-hybridized carbons (Fsp3) is 0.125. The van der Waals surface area contributed by atoms with Crippen molar-refractivity contribution in [3.63, 3.8) is 0 Å². The van der Waals surface area contributed by atoms with Crippen LogP contribution in [0.3, 0.4) is 0 Å². The largest absolute Gasteiger partial charge is 0.365 e. The molecule has 5 heteroatoms. The summed E-state index contributed by atoms with van der Waals surface area (Å²) in [4.78, 5) is 15.0. The molecule has 66 valence electrons. The minimum Gasteiger partial charge on any atom is -0.365 e. The Morgan fingerprint density at radius 1 is 1.62 bits per heavy atom. The molecule has 0 aromatic carbocycles. The zero-order valence-corrected chi connectivity index (χ0v) is 7.06. The number of rotatable bonds is 1. The molecular formula is C8H8N4O. The Kier molecular flexibility index (Phi) is 1.51. The lowest BCUT2D eigenvalue weighted by Gasteiger charge is -1.91. The summed E-state index contributed by atoms with van der Waals surface area (Å²) in [5.74, 6) is -0.494. The predicted octanol–water partition coefficient (Wildman–Crippen LogP) is 0.137. The van der Waals surface area contributed by atoms with Crippen molar-refractivity contribution < 1.29 is 4.79 Å². The van der Waals surface area contributed by atoms with Gasteiger partial charge in [-0.3, -0.25) is 4.79 Å². The van der Waals surface area contributed by atoms with Crippen molar-refractivity contribution in [2.75, 3.05) is 0 Å². The predicted molar refractivity (Wildman–Crippen MR) is 46.2 cm³/mol. The smallest absolute Gasteiger partial charge is 0.254 e. The Morgan fingerprint density at radius 2 is 2.38 bits per heavy atom. The summed E-state index contributed by atoms with van der Waals surface area (Å²) in [6, 6.07) is 1.74. The molecule has 2 N–H and O–H groups in total. The van der Waals surface area contributed by atoms with Gasteiger partial charge in [0.1, 0.15) is 5.56 Å². The van der Waals surface area contributed by atoms with E-state index >= 15 is 0 Å². The quantitative estimate of drug-likeness (QED) is 0.671. The lowest BCUT2D eigenvalue weighted by Crippen LogP contribution is -2.12. The van der Waals surface area contributed by atoms with Crippen molar-refractivity contribution in [3.8, 4) is 0 Å². The molecule has 1 amide bonds. The zero-order chi connectivity index (χ0) is 9.42. The van der Waals surface area contributed by atoms with Crippen LogP contribution in [-0.4, -0.2) is 20.5 Å². The van der Waals surface area contributed by atoms with Crippen molar-refractivity contribution in [2.24, 2.45) is 5.73 Å². The van der Waals surface area contributed by atoms with Gasteiger partial charge >= 0.3 is 0 Å². The third-order valence-electron chi connectivity index (χ3n) is 1.82. The summed E-state index contributed by atoms with van der Waals surface area (Å²) >= 11 is 0. The summed E-state index contributed by atoms with van der Waals surface area (Å²) in [6.07, 6.45) is 3.32. The first kappa shape index (κ1) is 7.72. The number of primary amides is 1. The molecule has 0 aliphatic heterocycles. The van der Waals surface area contributed by atoms with E-state index < -0.39 is 5.91 Å². The lowest BCUT2D eigenvalue weighted by atomic mass is 10.2. The van der Waals surface area contributed by atoms with Crippen molar-refractivity contribution >= 4 is 11.6 Å². The first-order valence-electron chi connectivity index (χ1n) is 3.80. The summed E-state index contributed by atoms with van der Waals surface area (Å²) < 4.78 is 1.54. The number of hydrogen-bond donors (Lipinski definition) is 1. The second-order valence-electron chi connectivity index (χ2n) is 2.71. The van der Waals surface area contributed by atoms with E-state index in [1.807, 2.05) is 0 Å². The van der Waals surface area contributed by atoms with Gasteiger partial charge < -0.3 is 5.73 Å². The highest BCUT2D eigenvalue weighted by atomic mass is 16.1. The van der Waals surface area contributed by atoms with Crippen LogP contribution in [0.4, 0.5) is 0 Å². The van der Waals surface area contributed by atoms with E-state index in [1.165, 1.54) is 4.52 Å². The second-order valence-corrected chi connectivity index (χ2v) is 2.71. The molecular weight excluding hydrogens is 168 g/mol.